The molecule has 0 nitrogen and oxygen atoms in total. The number of benzene rings is 4. The molecule has 0 heterocycles. The summed E-state index contributed by atoms with van der Waals surface area (Å²) < 4.78 is 0. The lowest BCUT2D eigenvalue weighted by molar-refractivity contribution is 1.40. The van der Waals surface area contributed by atoms with Gasteiger partial charge in [-0.15, -0.1) is 0 Å². The maximum atomic E-state index is 2.28. The van der Waals surface area contributed by atoms with Gasteiger partial charge < -0.3 is 0 Å². The van der Waals surface area contributed by atoms with Crippen molar-refractivity contribution in [1.82, 2.24) is 0 Å². The van der Waals surface area contributed by atoms with Crippen molar-refractivity contribution in [3.63, 3.8) is 0 Å². The summed E-state index contributed by atoms with van der Waals surface area (Å²) in [5, 5.41) is 2.63. The minimum atomic E-state index is 1.30. The molecule has 0 aliphatic heterocycles. The molecule has 122 valence electrons. The summed E-state index contributed by atoms with van der Waals surface area (Å²) in [6.45, 7) is 6.65. The van der Waals surface area contributed by atoms with E-state index in [4.69, 9.17) is 0 Å². The molecule has 0 saturated carbocycles. The summed E-state index contributed by atoms with van der Waals surface area (Å²) in [4.78, 5) is 0. The number of hydrogen-bond donors (Lipinski definition) is 0. The van der Waals surface area contributed by atoms with E-state index in [1.165, 1.54) is 49.7 Å². The Hall–Kier alpha value is -2.86. The maximum absolute atomic E-state index is 2.28. The monoisotopic (exact) mass is 322 g/mol. The summed E-state index contributed by atoms with van der Waals surface area (Å²) in [5.74, 6) is 0. The zero-order valence-corrected chi connectivity index (χ0v) is 15.0. The molecule has 4 aromatic rings. The molecule has 0 aliphatic carbocycles. The standard InChI is InChI=1S/C25H22/c1-17-9-4-6-12-21(17)24-14-8-10-18(2)25(24)23-16-15-20-11-5-7-13-22(20)19(23)3/h4-16H,1-3H3. The quantitative estimate of drug-likeness (QED) is 0.369. The van der Waals surface area contributed by atoms with Crippen LogP contribution >= 0.6 is 0 Å². The van der Waals surface area contributed by atoms with E-state index in [0.29, 0.717) is 0 Å². The van der Waals surface area contributed by atoms with Gasteiger partial charge in [0, 0.05) is 0 Å². The van der Waals surface area contributed by atoms with E-state index in [1.54, 1.807) is 0 Å². The van der Waals surface area contributed by atoms with Gasteiger partial charge in [-0.1, -0.05) is 78.9 Å². The van der Waals surface area contributed by atoms with Crippen LogP contribution in [0.2, 0.25) is 0 Å². The number of aryl methyl sites for hydroxylation is 3. The highest BCUT2D eigenvalue weighted by Gasteiger charge is 2.14. The molecule has 0 amide bonds. The van der Waals surface area contributed by atoms with Crippen LogP contribution in [0.3, 0.4) is 0 Å². The molecule has 4 rings (SSSR count). The van der Waals surface area contributed by atoms with Gasteiger partial charge in [0.15, 0.2) is 0 Å². The third-order valence-corrected chi connectivity index (χ3v) is 5.18. The van der Waals surface area contributed by atoms with Gasteiger partial charge >= 0.3 is 0 Å². The first-order valence-corrected chi connectivity index (χ1v) is 8.81. The molecule has 0 spiro atoms. The van der Waals surface area contributed by atoms with Crippen LogP contribution in [0.5, 0.6) is 0 Å². The number of hydrogen-bond acceptors (Lipinski definition) is 0. The Bertz CT molecular complexity index is 1070. The fourth-order valence-electron chi connectivity index (χ4n) is 3.82. The summed E-state index contributed by atoms with van der Waals surface area (Å²) >= 11 is 0. The van der Waals surface area contributed by atoms with Crippen molar-refractivity contribution in [3.05, 3.63) is 95.6 Å². The lowest BCUT2D eigenvalue weighted by atomic mass is 9.86. The van der Waals surface area contributed by atoms with Gasteiger partial charge in [0.05, 0.1) is 0 Å². The predicted molar refractivity (Wildman–Crippen MR) is 109 cm³/mol. The van der Waals surface area contributed by atoms with E-state index in [1.807, 2.05) is 0 Å². The minimum Gasteiger partial charge on any atom is -0.0620 e. The Balaban J connectivity index is 2.04. The zero-order chi connectivity index (χ0) is 17.4. The van der Waals surface area contributed by atoms with Gasteiger partial charge in [-0.25, -0.2) is 0 Å². The average Bonchev–Trinajstić information content (AvgIpc) is 2.63. The Morgan fingerprint density at radius 2 is 1.16 bits per heavy atom. The highest BCUT2D eigenvalue weighted by molar-refractivity contribution is 5.96. The van der Waals surface area contributed by atoms with Crippen LogP contribution in [0.1, 0.15) is 16.7 Å². The average molecular weight is 322 g/mol. The topological polar surface area (TPSA) is 0 Å². The van der Waals surface area contributed by atoms with E-state index >= 15 is 0 Å². The largest absolute Gasteiger partial charge is 0.0620 e. The summed E-state index contributed by atoms with van der Waals surface area (Å²) in [5.41, 5.74) is 9.29. The third-order valence-electron chi connectivity index (χ3n) is 5.18. The van der Waals surface area contributed by atoms with Crippen molar-refractivity contribution in [2.24, 2.45) is 0 Å². The highest BCUT2D eigenvalue weighted by atomic mass is 14.2. The molecule has 0 atom stereocenters. The van der Waals surface area contributed by atoms with Crippen molar-refractivity contribution in [3.8, 4) is 22.3 Å². The van der Waals surface area contributed by atoms with Crippen LogP contribution in [0.25, 0.3) is 33.0 Å². The molecule has 0 unspecified atom stereocenters. The fraction of sp³-hybridized carbons (Fsp3) is 0.120. The zero-order valence-electron chi connectivity index (χ0n) is 15.0. The smallest absolute Gasteiger partial charge is 0.00731 e. The SMILES string of the molecule is Cc1ccccc1-c1cccc(C)c1-c1ccc2ccccc2c1C. The molecule has 0 fully saturated rings. The molecular formula is C25H22. The molecule has 0 aliphatic rings. The van der Waals surface area contributed by atoms with Gasteiger partial charge in [-0.05, 0) is 70.5 Å². The van der Waals surface area contributed by atoms with Crippen LogP contribution in [0.15, 0.2) is 78.9 Å². The van der Waals surface area contributed by atoms with E-state index in [2.05, 4.69) is 99.6 Å². The minimum absolute atomic E-state index is 1.30. The van der Waals surface area contributed by atoms with Gasteiger partial charge in [-0.2, -0.15) is 0 Å². The van der Waals surface area contributed by atoms with Crippen LogP contribution in [-0.2, 0) is 0 Å². The van der Waals surface area contributed by atoms with Gasteiger partial charge in [0.2, 0.25) is 0 Å². The molecule has 0 bridgehead atoms. The van der Waals surface area contributed by atoms with Gasteiger partial charge in [0.1, 0.15) is 0 Å². The predicted octanol–water partition coefficient (Wildman–Crippen LogP) is 7.10. The Kier molecular flexibility index (Phi) is 3.89. The first-order valence-electron chi connectivity index (χ1n) is 8.81. The highest BCUT2D eigenvalue weighted by Crippen LogP contribution is 2.39. The third kappa shape index (κ3) is 2.64. The first-order chi connectivity index (χ1) is 12.2. The second kappa shape index (κ2) is 6.22. The van der Waals surface area contributed by atoms with Crippen LogP contribution in [0.4, 0.5) is 0 Å². The van der Waals surface area contributed by atoms with Gasteiger partial charge in [-0.3, -0.25) is 0 Å². The molecule has 0 radical (unpaired) electrons. The van der Waals surface area contributed by atoms with Crippen molar-refractivity contribution in [2.45, 2.75) is 20.8 Å². The van der Waals surface area contributed by atoms with Gasteiger partial charge in [0.25, 0.3) is 0 Å². The summed E-state index contributed by atoms with van der Waals surface area (Å²) in [7, 11) is 0. The second-order valence-electron chi connectivity index (χ2n) is 6.77. The lowest BCUT2D eigenvalue weighted by Gasteiger charge is -2.18. The fourth-order valence-corrected chi connectivity index (χ4v) is 3.82. The Morgan fingerprint density at radius 1 is 0.480 bits per heavy atom. The maximum Gasteiger partial charge on any atom is -0.00731 e. The van der Waals surface area contributed by atoms with Crippen LogP contribution in [-0.4, -0.2) is 0 Å². The van der Waals surface area contributed by atoms with Crippen molar-refractivity contribution in [2.75, 3.05) is 0 Å². The molecule has 4 aromatic carbocycles. The molecule has 25 heavy (non-hydrogen) atoms. The van der Waals surface area contributed by atoms with Crippen LogP contribution < -0.4 is 0 Å². The number of rotatable bonds is 2. The second-order valence-corrected chi connectivity index (χ2v) is 6.77. The lowest BCUT2D eigenvalue weighted by Crippen LogP contribution is -1.94. The van der Waals surface area contributed by atoms with E-state index in [9.17, 15) is 0 Å². The number of fused-ring (bicyclic) bond motifs is 1. The normalized spacial score (nSPS) is 11.0. The van der Waals surface area contributed by atoms with E-state index in [-0.39, 0.29) is 0 Å². The molecule has 0 aromatic heterocycles. The van der Waals surface area contributed by atoms with E-state index < -0.39 is 0 Å². The summed E-state index contributed by atoms with van der Waals surface area (Å²) in [6.07, 6.45) is 0. The van der Waals surface area contributed by atoms with Crippen molar-refractivity contribution in [1.29, 1.82) is 0 Å². The van der Waals surface area contributed by atoms with E-state index in [0.717, 1.165) is 0 Å². The van der Waals surface area contributed by atoms with Crippen LogP contribution in [0, 0.1) is 20.8 Å². The van der Waals surface area contributed by atoms with Crippen molar-refractivity contribution < 1.29 is 0 Å². The Morgan fingerprint density at radius 3 is 2.00 bits per heavy atom. The molecule has 0 saturated heterocycles. The van der Waals surface area contributed by atoms with Crippen molar-refractivity contribution >= 4 is 10.8 Å². The Labute approximate surface area is 149 Å². The molecule has 0 N–H and O–H groups in total. The molecular weight excluding hydrogens is 300 g/mol. The first kappa shape index (κ1) is 15.7. The summed E-state index contributed by atoms with van der Waals surface area (Å²) in [6, 6.07) is 28.4. The molecule has 0 heteroatoms.